The largest absolute Gasteiger partial charge is 0.394 e. The fourth-order valence-electron chi connectivity index (χ4n) is 2.22. The number of aliphatic hydroxyl groups is 1. The number of rotatable bonds is 4. The van der Waals surface area contributed by atoms with Crippen LogP contribution in [0, 0.1) is 6.92 Å². The number of aromatic amines is 1. The Morgan fingerprint density at radius 1 is 1.58 bits per heavy atom. The summed E-state index contributed by atoms with van der Waals surface area (Å²) in [5.41, 5.74) is -0.489. The molecule has 7 nitrogen and oxygen atoms in total. The predicted molar refractivity (Wildman–Crippen MR) is 67.1 cm³/mol. The molecular weight excluding hydrogens is 252 g/mol. The van der Waals surface area contributed by atoms with Gasteiger partial charge in [0.25, 0.3) is 5.56 Å². The van der Waals surface area contributed by atoms with E-state index >= 15 is 0 Å². The fraction of sp³-hybridized carbons (Fsp3) is 0.667. The Hall–Kier alpha value is -1.44. The number of H-pyrrole nitrogens is 1. The molecule has 1 aliphatic heterocycles. The second-order valence-electron chi connectivity index (χ2n) is 4.52. The number of hydrogen-bond donors (Lipinski definition) is 2. The van der Waals surface area contributed by atoms with Crippen molar-refractivity contribution in [1.82, 2.24) is 9.55 Å². The number of nitrogens with one attached hydrogen (secondary N) is 1. The van der Waals surface area contributed by atoms with Crippen LogP contribution in [0.5, 0.6) is 0 Å². The van der Waals surface area contributed by atoms with Gasteiger partial charge in [0.1, 0.15) is 12.3 Å². The summed E-state index contributed by atoms with van der Waals surface area (Å²) in [5.74, 6) is 0. The van der Waals surface area contributed by atoms with Crippen LogP contribution in [0.3, 0.4) is 0 Å². The highest BCUT2D eigenvalue weighted by Crippen LogP contribution is 2.29. The smallest absolute Gasteiger partial charge is 0.330 e. The van der Waals surface area contributed by atoms with E-state index in [1.165, 1.54) is 10.8 Å². The van der Waals surface area contributed by atoms with E-state index < -0.39 is 23.6 Å². The molecular formula is C12H18N2O5. The molecule has 106 valence electrons. The maximum atomic E-state index is 11.8. The molecule has 1 saturated heterocycles. The van der Waals surface area contributed by atoms with Gasteiger partial charge in [-0.3, -0.25) is 14.3 Å². The number of nitrogens with zero attached hydrogens (tertiary/aromatic N) is 1. The van der Waals surface area contributed by atoms with Crippen LogP contribution in [0.2, 0.25) is 0 Å². The van der Waals surface area contributed by atoms with Crippen LogP contribution in [0.15, 0.2) is 15.8 Å². The zero-order valence-corrected chi connectivity index (χ0v) is 11.0. The highest BCUT2D eigenvalue weighted by Gasteiger charge is 2.36. The van der Waals surface area contributed by atoms with Crippen molar-refractivity contribution in [3.63, 3.8) is 0 Å². The predicted octanol–water partition coefficient (Wildman–Crippen LogP) is -0.470. The molecule has 0 bridgehead atoms. The molecule has 0 aliphatic carbocycles. The van der Waals surface area contributed by atoms with Crippen LogP contribution in [0.25, 0.3) is 0 Å². The quantitative estimate of drug-likeness (QED) is 0.771. The van der Waals surface area contributed by atoms with E-state index in [-0.39, 0.29) is 12.7 Å². The highest BCUT2D eigenvalue weighted by atomic mass is 16.6. The van der Waals surface area contributed by atoms with E-state index in [1.807, 2.05) is 6.92 Å². The van der Waals surface area contributed by atoms with E-state index in [9.17, 15) is 14.7 Å². The molecule has 7 heteroatoms. The van der Waals surface area contributed by atoms with E-state index in [4.69, 9.17) is 9.47 Å². The zero-order valence-electron chi connectivity index (χ0n) is 11.0. The minimum absolute atomic E-state index is 0.168. The summed E-state index contributed by atoms with van der Waals surface area (Å²) in [7, 11) is 0. The summed E-state index contributed by atoms with van der Waals surface area (Å²) in [6.07, 6.45) is 0.693. The standard InChI is InChI=1S/C12H18N2O5/c1-3-18-8-4-10(19-9(8)6-15)14-5-7(2)11(16)13-12(14)17/h5,8-10,15H,3-4,6H2,1-2H3,(H,13,16,17)/t8?,9-,10-/m1/s1. The van der Waals surface area contributed by atoms with Gasteiger partial charge in [-0.05, 0) is 13.8 Å². The monoisotopic (exact) mass is 270 g/mol. The molecule has 1 unspecified atom stereocenters. The number of aryl methyl sites for hydroxylation is 1. The molecule has 19 heavy (non-hydrogen) atoms. The molecule has 2 N–H and O–H groups in total. The van der Waals surface area contributed by atoms with Gasteiger partial charge < -0.3 is 14.6 Å². The number of ether oxygens (including phenoxy) is 2. The first-order valence-electron chi connectivity index (χ1n) is 6.26. The van der Waals surface area contributed by atoms with Crippen molar-refractivity contribution in [1.29, 1.82) is 0 Å². The van der Waals surface area contributed by atoms with E-state index in [0.717, 1.165) is 0 Å². The summed E-state index contributed by atoms with van der Waals surface area (Å²) in [6.45, 7) is 3.82. The summed E-state index contributed by atoms with van der Waals surface area (Å²) in [6, 6.07) is 0. The second kappa shape index (κ2) is 5.68. The van der Waals surface area contributed by atoms with Gasteiger partial charge >= 0.3 is 5.69 Å². The first-order valence-corrected chi connectivity index (χ1v) is 6.26. The highest BCUT2D eigenvalue weighted by molar-refractivity contribution is 5.02. The van der Waals surface area contributed by atoms with Gasteiger partial charge in [-0.2, -0.15) is 0 Å². The molecule has 0 spiro atoms. The molecule has 1 fully saturated rings. The Morgan fingerprint density at radius 3 is 2.95 bits per heavy atom. The SMILES string of the molecule is CCOC1C[C@H](n2cc(C)c(=O)[nH]c2=O)O[C@@H]1CO. The van der Waals surface area contributed by atoms with Gasteiger partial charge in [0.2, 0.25) is 0 Å². The lowest BCUT2D eigenvalue weighted by Gasteiger charge is -2.15. The zero-order chi connectivity index (χ0) is 14.0. The lowest BCUT2D eigenvalue weighted by atomic mass is 10.2. The lowest BCUT2D eigenvalue weighted by molar-refractivity contribution is -0.0603. The van der Waals surface area contributed by atoms with Crippen LogP contribution in [-0.2, 0) is 9.47 Å². The van der Waals surface area contributed by atoms with E-state index in [2.05, 4.69) is 4.98 Å². The van der Waals surface area contributed by atoms with Gasteiger partial charge in [0.15, 0.2) is 0 Å². The van der Waals surface area contributed by atoms with Crippen LogP contribution < -0.4 is 11.2 Å². The van der Waals surface area contributed by atoms with Gasteiger partial charge in [-0.25, -0.2) is 4.79 Å². The number of aromatic nitrogens is 2. The number of aliphatic hydroxyl groups excluding tert-OH is 1. The third kappa shape index (κ3) is 2.78. The summed E-state index contributed by atoms with van der Waals surface area (Å²) in [5, 5.41) is 9.25. The third-order valence-corrected chi connectivity index (χ3v) is 3.20. The first kappa shape index (κ1) is 14.0. The molecule has 1 aromatic heterocycles. The fourth-order valence-corrected chi connectivity index (χ4v) is 2.22. The topological polar surface area (TPSA) is 93.6 Å². The molecule has 1 aliphatic rings. The molecule has 1 aromatic rings. The molecule has 0 amide bonds. The Morgan fingerprint density at radius 2 is 2.32 bits per heavy atom. The van der Waals surface area contributed by atoms with Gasteiger partial charge in [0.05, 0.1) is 12.7 Å². The minimum atomic E-state index is -0.531. The summed E-state index contributed by atoms with van der Waals surface area (Å²) >= 11 is 0. The van der Waals surface area contributed by atoms with E-state index in [0.29, 0.717) is 18.6 Å². The van der Waals surface area contributed by atoms with Gasteiger partial charge in [-0.1, -0.05) is 0 Å². The molecule has 2 heterocycles. The van der Waals surface area contributed by atoms with Crippen molar-refractivity contribution in [3.8, 4) is 0 Å². The van der Waals surface area contributed by atoms with Crippen molar-refractivity contribution < 1.29 is 14.6 Å². The number of hydrogen-bond acceptors (Lipinski definition) is 5. The first-order chi connectivity index (χ1) is 9.06. The Balaban J connectivity index is 2.27. The Bertz CT molecular complexity index is 550. The third-order valence-electron chi connectivity index (χ3n) is 3.20. The maximum Gasteiger partial charge on any atom is 0.330 e. The summed E-state index contributed by atoms with van der Waals surface area (Å²) in [4.78, 5) is 25.3. The Labute approximate surface area is 109 Å². The average Bonchev–Trinajstić information content (AvgIpc) is 2.77. The van der Waals surface area contributed by atoms with Crippen LogP contribution in [-0.4, -0.2) is 40.1 Å². The molecule has 0 radical (unpaired) electrons. The average molecular weight is 270 g/mol. The van der Waals surface area contributed by atoms with Gasteiger partial charge in [-0.15, -0.1) is 0 Å². The van der Waals surface area contributed by atoms with Crippen LogP contribution in [0.4, 0.5) is 0 Å². The normalized spacial score (nSPS) is 26.8. The van der Waals surface area contributed by atoms with Crippen molar-refractivity contribution in [2.45, 2.75) is 38.7 Å². The van der Waals surface area contributed by atoms with Crippen molar-refractivity contribution in [3.05, 3.63) is 32.6 Å². The Kier molecular flexibility index (Phi) is 4.18. The molecule has 0 aromatic carbocycles. The molecule has 0 saturated carbocycles. The summed E-state index contributed by atoms with van der Waals surface area (Å²) < 4.78 is 12.4. The lowest BCUT2D eigenvalue weighted by Crippen LogP contribution is -2.33. The van der Waals surface area contributed by atoms with Gasteiger partial charge in [0, 0.05) is 24.8 Å². The minimum Gasteiger partial charge on any atom is -0.394 e. The van der Waals surface area contributed by atoms with Crippen molar-refractivity contribution in [2.75, 3.05) is 13.2 Å². The van der Waals surface area contributed by atoms with Crippen LogP contribution >= 0.6 is 0 Å². The molecule has 3 atom stereocenters. The second-order valence-corrected chi connectivity index (χ2v) is 4.52. The van der Waals surface area contributed by atoms with Crippen molar-refractivity contribution in [2.24, 2.45) is 0 Å². The maximum absolute atomic E-state index is 11.8. The van der Waals surface area contributed by atoms with E-state index in [1.54, 1.807) is 6.92 Å². The van der Waals surface area contributed by atoms with Crippen molar-refractivity contribution >= 4 is 0 Å². The molecule has 2 rings (SSSR count). The van der Waals surface area contributed by atoms with Crippen LogP contribution in [0.1, 0.15) is 25.1 Å².